The number of aromatic nitrogens is 2. The second-order valence-corrected chi connectivity index (χ2v) is 3.61. The lowest BCUT2D eigenvalue weighted by Gasteiger charge is -2.17. The first kappa shape index (κ1) is 11.9. The number of nitriles is 1. The molecule has 0 radical (unpaired) electrons. The molecule has 2 aromatic rings. The van der Waals surface area contributed by atoms with E-state index >= 15 is 0 Å². The van der Waals surface area contributed by atoms with Crippen molar-refractivity contribution in [2.24, 2.45) is 0 Å². The fraction of sp³-hybridized carbons (Fsp3) is 0.154. The molecule has 5 heteroatoms. The largest absolute Gasteiger partial charge is 0.497 e. The maximum atomic E-state index is 8.82. The number of hydrogen-bond acceptors (Lipinski definition) is 5. The average Bonchev–Trinajstić information content (AvgIpc) is 2.46. The van der Waals surface area contributed by atoms with Crippen LogP contribution in [0, 0.1) is 11.3 Å². The first-order valence-electron chi connectivity index (χ1n) is 5.35. The number of ether oxygens (including phenoxy) is 1. The van der Waals surface area contributed by atoms with Crippen LogP contribution in [0.25, 0.3) is 0 Å². The zero-order chi connectivity index (χ0) is 13.0. The highest BCUT2D eigenvalue weighted by atomic mass is 16.5. The number of hydrogen-bond donors (Lipinski definition) is 0. The van der Waals surface area contributed by atoms with E-state index in [0.717, 1.165) is 11.4 Å². The van der Waals surface area contributed by atoms with E-state index in [1.54, 1.807) is 24.3 Å². The monoisotopic (exact) mass is 240 g/mol. The summed E-state index contributed by atoms with van der Waals surface area (Å²) in [6.45, 7) is 0. The zero-order valence-corrected chi connectivity index (χ0v) is 10.2. The van der Waals surface area contributed by atoms with E-state index in [0.29, 0.717) is 11.6 Å². The van der Waals surface area contributed by atoms with Crippen LogP contribution in [0.1, 0.15) is 5.69 Å². The van der Waals surface area contributed by atoms with Crippen LogP contribution in [0.4, 0.5) is 11.6 Å². The van der Waals surface area contributed by atoms with Gasteiger partial charge in [-0.05, 0) is 18.2 Å². The number of benzene rings is 1. The Hall–Kier alpha value is -2.61. The molecule has 0 bridgehead atoms. The standard InChI is InChI=1S/C13H12N4O/c1-17(11-4-3-5-12(8-11)18-2)13-15-7-6-10(9-14)16-13/h3-8H,1-2H3. The molecule has 0 spiro atoms. The maximum Gasteiger partial charge on any atom is 0.230 e. The van der Waals surface area contributed by atoms with E-state index in [2.05, 4.69) is 9.97 Å². The predicted molar refractivity (Wildman–Crippen MR) is 67.8 cm³/mol. The van der Waals surface area contributed by atoms with Crippen LogP contribution in [-0.4, -0.2) is 24.1 Å². The normalized spacial score (nSPS) is 9.61. The summed E-state index contributed by atoms with van der Waals surface area (Å²) in [4.78, 5) is 10.1. The molecular weight excluding hydrogens is 228 g/mol. The Kier molecular flexibility index (Phi) is 3.39. The fourth-order valence-corrected chi connectivity index (χ4v) is 1.51. The molecule has 1 aromatic heterocycles. The van der Waals surface area contributed by atoms with Crippen molar-refractivity contribution >= 4 is 11.6 Å². The molecule has 5 nitrogen and oxygen atoms in total. The third kappa shape index (κ3) is 2.38. The fourth-order valence-electron chi connectivity index (χ4n) is 1.51. The number of anilines is 2. The molecule has 0 aliphatic carbocycles. The summed E-state index contributed by atoms with van der Waals surface area (Å²) in [5.41, 5.74) is 1.24. The Morgan fingerprint density at radius 2 is 2.17 bits per heavy atom. The summed E-state index contributed by atoms with van der Waals surface area (Å²) >= 11 is 0. The summed E-state index contributed by atoms with van der Waals surface area (Å²) in [6, 6.07) is 11.1. The Balaban J connectivity index is 2.35. The molecule has 0 fully saturated rings. The molecule has 1 aromatic carbocycles. The molecular formula is C13H12N4O. The van der Waals surface area contributed by atoms with Gasteiger partial charge in [0.05, 0.1) is 7.11 Å². The van der Waals surface area contributed by atoms with E-state index < -0.39 is 0 Å². The van der Waals surface area contributed by atoms with E-state index in [9.17, 15) is 0 Å². The summed E-state index contributed by atoms with van der Waals surface area (Å²) in [6.07, 6.45) is 1.57. The molecule has 2 rings (SSSR count). The average molecular weight is 240 g/mol. The second-order valence-electron chi connectivity index (χ2n) is 3.61. The minimum absolute atomic E-state index is 0.342. The number of nitrogens with zero attached hydrogens (tertiary/aromatic N) is 4. The molecule has 0 aliphatic heterocycles. The molecule has 1 heterocycles. The Labute approximate surface area is 105 Å². The van der Waals surface area contributed by atoms with Gasteiger partial charge >= 0.3 is 0 Å². The van der Waals surface area contributed by atoms with Gasteiger partial charge in [0, 0.05) is 25.0 Å². The lowest BCUT2D eigenvalue weighted by Crippen LogP contribution is -2.13. The van der Waals surface area contributed by atoms with Gasteiger partial charge in [-0.15, -0.1) is 0 Å². The summed E-state index contributed by atoms with van der Waals surface area (Å²) in [7, 11) is 3.46. The van der Waals surface area contributed by atoms with E-state index in [-0.39, 0.29) is 0 Å². The van der Waals surface area contributed by atoms with Gasteiger partial charge in [-0.25, -0.2) is 9.97 Å². The van der Waals surface area contributed by atoms with Crippen molar-refractivity contribution in [2.75, 3.05) is 19.1 Å². The smallest absolute Gasteiger partial charge is 0.230 e. The van der Waals surface area contributed by atoms with Crippen LogP contribution in [-0.2, 0) is 0 Å². The topological polar surface area (TPSA) is 62.0 Å². The SMILES string of the molecule is COc1cccc(N(C)c2nccc(C#N)n2)c1. The number of rotatable bonds is 3. The minimum Gasteiger partial charge on any atom is -0.497 e. The predicted octanol–water partition coefficient (Wildman–Crippen LogP) is 2.12. The zero-order valence-electron chi connectivity index (χ0n) is 10.2. The molecule has 0 unspecified atom stereocenters. The minimum atomic E-state index is 0.342. The Bertz CT molecular complexity index is 592. The summed E-state index contributed by atoms with van der Waals surface area (Å²) in [5, 5.41) is 8.82. The Morgan fingerprint density at radius 1 is 1.33 bits per heavy atom. The third-order valence-electron chi connectivity index (χ3n) is 2.50. The van der Waals surface area contributed by atoms with Crippen molar-refractivity contribution in [2.45, 2.75) is 0 Å². The van der Waals surface area contributed by atoms with Crippen LogP contribution >= 0.6 is 0 Å². The van der Waals surface area contributed by atoms with Gasteiger partial charge < -0.3 is 9.64 Å². The molecule has 0 saturated heterocycles. The van der Waals surface area contributed by atoms with Gasteiger partial charge in [0.25, 0.3) is 0 Å². The number of methoxy groups -OCH3 is 1. The van der Waals surface area contributed by atoms with Crippen molar-refractivity contribution in [1.29, 1.82) is 5.26 Å². The second kappa shape index (κ2) is 5.15. The third-order valence-corrected chi connectivity index (χ3v) is 2.50. The van der Waals surface area contributed by atoms with E-state index in [4.69, 9.17) is 10.00 Å². The van der Waals surface area contributed by atoms with Crippen molar-refractivity contribution in [1.82, 2.24) is 9.97 Å². The highest BCUT2D eigenvalue weighted by Crippen LogP contribution is 2.24. The first-order valence-corrected chi connectivity index (χ1v) is 5.35. The van der Waals surface area contributed by atoms with Crippen molar-refractivity contribution in [3.05, 3.63) is 42.2 Å². The summed E-state index contributed by atoms with van der Waals surface area (Å²) in [5.74, 6) is 1.23. The molecule has 0 amide bonds. The lowest BCUT2D eigenvalue weighted by atomic mass is 10.3. The van der Waals surface area contributed by atoms with Crippen LogP contribution < -0.4 is 9.64 Å². The highest BCUT2D eigenvalue weighted by Gasteiger charge is 2.08. The molecule has 0 saturated carbocycles. The van der Waals surface area contributed by atoms with Crippen LogP contribution in [0.15, 0.2) is 36.5 Å². The van der Waals surface area contributed by atoms with Crippen LogP contribution in [0.2, 0.25) is 0 Å². The van der Waals surface area contributed by atoms with Crippen LogP contribution in [0.3, 0.4) is 0 Å². The quantitative estimate of drug-likeness (QED) is 0.822. The van der Waals surface area contributed by atoms with Gasteiger partial charge in [-0.1, -0.05) is 6.07 Å². The molecule has 0 atom stereocenters. The molecule has 0 aliphatic rings. The van der Waals surface area contributed by atoms with Crippen molar-refractivity contribution < 1.29 is 4.74 Å². The van der Waals surface area contributed by atoms with Crippen LogP contribution in [0.5, 0.6) is 5.75 Å². The van der Waals surface area contributed by atoms with Gasteiger partial charge in [0.1, 0.15) is 17.5 Å². The van der Waals surface area contributed by atoms with Gasteiger partial charge in [-0.2, -0.15) is 5.26 Å². The Morgan fingerprint density at radius 3 is 2.89 bits per heavy atom. The van der Waals surface area contributed by atoms with Gasteiger partial charge in [0.2, 0.25) is 5.95 Å². The van der Waals surface area contributed by atoms with E-state index in [1.165, 1.54) is 0 Å². The van der Waals surface area contributed by atoms with E-state index in [1.807, 2.05) is 37.4 Å². The van der Waals surface area contributed by atoms with Gasteiger partial charge in [0.15, 0.2) is 0 Å². The maximum absolute atomic E-state index is 8.82. The van der Waals surface area contributed by atoms with Gasteiger partial charge in [-0.3, -0.25) is 0 Å². The molecule has 90 valence electrons. The van der Waals surface area contributed by atoms with Crippen molar-refractivity contribution in [3.8, 4) is 11.8 Å². The highest BCUT2D eigenvalue weighted by molar-refractivity contribution is 5.58. The summed E-state index contributed by atoms with van der Waals surface area (Å²) < 4.78 is 5.17. The lowest BCUT2D eigenvalue weighted by molar-refractivity contribution is 0.415. The molecule has 0 N–H and O–H groups in total. The first-order chi connectivity index (χ1) is 8.74. The molecule has 18 heavy (non-hydrogen) atoms. The van der Waals surface area contributed by atoms with Crippen molar-refractivity contribution in [3.63, 3.8) is 0 Å².